The summed E-state index contributed by atoms with van der Waals surface area (Å²) in [5, 5.41) is 5.68. The van der Waals surface area contributed by atoms with Gasteiger partial charge in [0.25, 0.3) is 0 Å². The van der Waals surface area contributed by atoms with Crippen molar-refractivity contribution >= 4 is 15.9 Å². The highest BCUT2D eigenvalue weighted by atomic mass is 79.9. The van der Waals surface area contributed by atoms with E-state index in [1.165, 1.54) is 5.56 Å². The van der Waals surface area contributed by atoms with Gasteiger partial charge in [-0.05, 0) is 25.0 Å². The van der Waals surface area contributed by atoms with E-state index >= 15 is 0 Å². The molecule has 0 N–H and O–H groups in total. The maximum Gasteiger partial charge on any atom is 0.0765 e. The van der Waals surface area contributed by atoms with E-state index in [4.69, 9.17) is 5.10 Å². The van der Waals surface area contributed by atoms with Crippen LogP contribution < -0.4 is 0 Å². The minimum atomic E-state index is 0.470. The van der Waals surface area contributed by atoms with Gasteiger partial charge < -0.3 is 0 Å². The fraction of sp³-hybridized carbons (Fsp3) is 0.471. The van der Waals surface area contributed by atoms with E-state index in [1.54, 1.807) is 0 Å². The Kier molecular flexibility index (Phi) is 6.46. The molecule has 3 nitrogen and oxygen atoms in total. The van der Waals surface area contributed by atoms with Gasteiger partial charge in [0, 0.05) is 37.2 Å². The zero-order valence-electron chi connectivity index (χ0n) is 12.9. The van der Waals surface area contributed by atoms with Crippen LogP contribution in [0.1, 0.15) is 37.6 Å². The largest absolute Gasteiger partial charge is 0.292 e. The van der Waals surface area contributed by atoms with E-state index in [9.17, 15) is 0 Å². The molecule has 1 aromatic carbocycles. The quantitative estimate of drug-likeness (QED) is 0.664. The topological polar surface area (TPSA) is 21.1 Å². The van der Waals surface area contributed by atoms with Crippen LogP contribution in [0.4, 0.5) is 0 Å². The highest BCUT2D eigenvalue weighted by molar-refractivity contribution is 9.09. The molecule has 0 aliphatic carbocycles. The zero-order valence-corrected chi connectivity index (χ0v) is 14.5. The van der Waals surface area contributed by atoms with Gasteiger partial charge in [0.1, 0.15) is 0 Å². The Morgan fingerprint density at radius 3 is 2.62 bits per heavy atom. The lowest BCUT2D eigenvalue weighted by Crippen LogP contribution is -2.25. The lowest BCUT2D eigenvalue weighted by Gasteiger charge is -2.20. The lowest BCUT2D eigenvalue weighted by atomic mass is 10.2. The normalized spacial score (nSPS) is 12.8. The third-order valence-electron chi connectivity index (χ3n) is 3.74. The number of hydrogen-bond donors (Lipinski definition) is 0. The number of hydrogen-bond acceptors (Lipinski definition) is 2. The molecule has 4 heteroatoms. The van der Waals surface area contributed by atoms with Gasteiger partial charge in [-0.1, -0.05) is 53.2 Å². The number of alkyl halides is 1. The van der Waals surface area contributed by atoms with Crippen LogP contribution in [0.15, 0.2) is 42.6 Å². The first-order valence-corrected chi connectivity index (χ1v) is 8.71. The van der Waals surface area contributed by atoms with E-state index < -0.39 is 0 Å². The number of rotatable bonds is 8. The van der Waals surface area contributed by atoms with Gasteiger partial charge in [0.2, 0.25) is 0 Å². The summed E-state index contributed by atoms with van der Waals surface area (Å²) in [6.45, 7) is 7.27. The molecule has 114 valence electrons. The van der Waals surface area contributed by atoms with E-state index in [1.807, 2.05) is 0 Å². The Hall–Kier alpha value is -1.13. The minimum Gasteiger partial charge on any atom is -0.292 e. The van der Waals surface area contributed by atoms with Crippen molar-refractivity contribution in [2.24, 2.45) is 0 Å². The molecule has 0 fully saturated rings. The molecule has 0 aliphatic rings. The Balaban J connectivity index is 2.00. The zero-order chi connectivity index (χ0) is 15.1. The summed E-state index contributed by atoms with van der Waals surface area (Å²) in [6.07, 6.45) is 3.20. The summed E-state index contributed by atoms with van der Waals surface area (Å²) in [7, 11) is 0. The molecule has 2 rings (SSSR count). The Morgan fingerprint density at radius 1 is 1.19 bits per heavy atom. The van der Waals surface area contributed by atoms with Gasteiger partial charge in [-0.15, -0.1) is 0 Å². The van der Waals surface area contributed by atoms with Crippen molar-refractivity contribution in [3.8, 4) is 0 Å². The molecule has 0 saturated heterocycles. The molecule has 0 bridgehead atoms. The first-order valence-electron chi connectivity index (χ1n) is 7.59. The van der Waals surface area contributed by atoms with Gasteiger partial charge in [-0.2, -0.15) is 5.10 Å². The smallest absolute Gasteiger partial charge is 0.0765 e. The average Bonchev–Trinajstić information content (AvgIpc) is 2.96. The summed E-state index contributed by atoms with van der Waals surface area (Å²) in [6, 6.07) is 13.2. The van der Waals surface area contributed by atoms with Crippen LogP contribution >= 0.6 is 15.9 Å². The van der Waals surface area contributed by atoms with Crippen LogP contribution in [0.25, 0.3) is 0 Å². The molecular weight excluding hydrogens is 326 g/mol. The maximum absolute atomic E-state index is 4.70. The summed E-state index contributed by atoms with van der Waals surface area (Å²) in [5.41, 5.74) is 2.49. The Labute approximate surface area is 136 Å². The van der Waals surface area contributed by atoms with Crippen molar-refractivity contribution in [1.82, 2.24) is 14.7 Å². The minimum absolute atomic E-state index is 0.470. The van der Waals surface area contributed by atoms with Crippen LogP contribution in [0.2, 0.25) is 0 Å². The van der Waals surface area contributed by atoms with Crippen LogP contribution in [-0.2, 0) is 13.1 Å². The van der Waals surface area contributed by atoms with Gasteiger partial charge in [-0.25, -0.2) is 0 Å². The van der Waals surface area contributed by atoms with E-state index in [2.05, 4.69) is 82.0 Å². The van der Waals surface area contributed by atoms with Crippen molar-refractivity contribution in [1.29, 1.82) is 0 Å². The molecule has 1 heterocycles. The average molecular weight is 350 g/mol. The van der Waals surface area contributed by atoms with Crippen molar-refractivity contribution in [3.63, 3.8) is 0 Å². The maximum atomic E-state index is 4.70. The Bertz CT molecular complexity index is 524. The van der Waals surface area contributed by atoms with Crippen LogP contribution in [0.3, 0.4) is 0 Å². The van der Waals surface area contributed by atoms with E-state index in [-0.39, 0.29) is 0 Å². The molecule has 0 spiro atoms. The molecule has 0 radical (unpaired) electrons. The van der Waals surface area contributed by atoms with Gasteiger partial charge in [-0.3, -0.25) is 9.58 Å². The molecule has 21 heavy (non-hydrogen) atoms. The molecule has 1 atom stereocenters. The van der Waals surface area contributed by atoms with Crippen LogP contribution in [0.5, 0.6) is 0 Å². The van der Waals surface area contributed by atoms with Crippen molar-refractivity contribution in [2.45, 2.75) is 39.4 Å². The third-order valence-corrected chi connectivity index (χ3v) is 4.10. The highest BCUT2D eigenvalue weighted by Gasteiger charge is 2.10. The highest BCUT2D eigenvalue weighted by Crippen LogP contribution is 2.12. The second-order valence-electron chi connectivity index (χ2n) is 5.43. The predicted molar refractivity (Wildman–Crippen MR) is 91.6 cm³/mol. The Morgan fingerprint density at radius 2 is 1.95 bits per heavy atom. The number of aromatic nitrogens is 2. The molecule has 2 aromatic rings. The van der Waals surface area contributed by atoms with Crippen molar-refractivity contribution < 1.29 is 0 Å². The second kappa shape index (κ2) is 8.35. The standard InChI is InChI=1S/C17H24BrN3/c1-3-15(2)21-11-9-17(19-21)14-20(12-10-18)13-16-7-5-4-6-8-16/h4-9,11,15H,3,10,12-14H2,1-2H3. The first kappa shape index (κ1) is 16.2. The fourth-order valence-electron chi connectivity index (χ4n) is 2.30. The fourth-order valence-corrected chi connectivity index (χ4v) is 2.80. The van der Waals surface area contributed by atoms with Gasteiger partial charge in [0.05, 0.1) is 5.69 Å². The number of halogens is 1. The van der Waals surface area contributed by atoms with E-state index in [0.717, 1.165) is 37.1 Å². The number of benzene rings is 1. The second-order valence-corrected chi connectivity index (χ2v) is 6.22. The molecule has 0 amide bonds. The summed E-state index contributed by atoms with van der Waals surface area (Å²) >= 11 is 3.55. The molecule has 1 unspecified atom stereocenters. The number of nitrogens with zero attached hydrogens (tertiary/aromatic N) is 3. The summed E-state index contributed by atoms with van der Waals surface area (Å²) in [4.78, 5) is 2.42. The molecule has 0 saturated carbocycles. The summed E-state index contributed by atoms with van der Waals surface area (Å²) in [5.74, 6) is 0. The van der Waals surface area contributed by atoms with Crippen LogP contribution in [0, 0.1) is 0 Å². The van der Waals surface area contributed by atoms with Gasteiger partial charge >= 0.3 is 0 Å². The molecule has 1 aromatic heterocycles. The van der Waals surface area contributed by atoms with Crippen molar-refractivity contribution in [3.05, 3.63) is 53.9 Å². The monoisotopic (exact) mass is 349 g/mol. The SMILES string of the molecule is CCC(C)n1ccc(CN(CCBr)Cc2ccccc2)n1. The van der Waals surface area contributed by atoms with Gasteiger partial charge in [0.15, 0.2) is 0 Å². The molecular formula is C17H24BrN3. The van der Waals surface area contributed by atoms with E-state index in [0.29, 0.717) is 6.04 Å². The lowest BCUT2D eigenvalue weighted by molar-refractivity contribution is 0.269. The van der Waals surface area contributed by atoms with Crippen molar-refractivity contribution in [2.75, 3.05) is 11.9 Å². The molecule has 0 aliphatic heterocycles. The van der Waals surface area contributed by atoms with Crippen LogP contribution in [-0.4, -0.2) is 26.6 Å². The third kappa shape index (κ3) is 4.97. The predicted octanol–water partition coefficient (Wildman–Crippen LogP) is 4.25. The first-order chi connectivity index (χ1) is 10.2. The summed E-state index contributed by atoms with van der Waals surface area (Å²) < 4.78 is 2.07.